The average Bonchev–Trinajstić information content (AvgIpc) is 2.71. The number of carbonyl (C=O) groups excluding carboxylic acids is 2. The molecule has 1 heterocycles. The molecule has 0 bridgehead atoms. The molecule has 0 atom stereocenters. The molecule has 142 valence electrons. The number of nitrogens with one attached hydrogen (secondary N) is 2. The molecule has 1 aromatic heterocycles. The summed E-state index contributed by atoms with van der Waals surface area (Å²) >= 11 is 0. The largest absolute Gasteiger partial charge is 0.484 e. The zero-order valence-electron chi connectivity index (χ0n) is 15.2. The minimum Gasteiger partial charge on any atom is -0.484 e. The maximum absolute atomic E-state index is 11.8. The predicted octanol–water partition coefficient (Wildman–Crippen LogP) is 1.55. The fourth-order valence-electron chi connectivity index (χ4n) is 2.09. The van der Waals surface area contributed by atoms with Gasteiger partial charge in [0.2, 0.25) is 5.91 Å². The van der Waals surface area contributed by atoms with Crippen molar-refractivity contribution >= 4 is 17.9 Å². The number of hydrogen-bond acceptors (Lipinski definition) is 5. The fourth-order valence-corrected chi connectivity index (χ4v) is 2.09. The Bertz CT molecular complexity index is 746. The number of ether oxygens (including phenoxy) is 2. The van der Waals surface area contributed by atoms with Gasteiger partial charge in [-0.05, 0) is 35.4 Å². The molecule has 0 saturated carbocycles. The number of methoxy groups -OCH3 is 1. The number of aromatic nitrogens is 1. The lowest BCUT2D eigenvalue weighted by atomic mass is 10.2. The summed E-state index contributed by atoms with van der Waals surface area (Å²) < 4.78 is 10.3. The van der Waals surface area contributed by atoms with E-state index in [1.807, 2.05) is 24.3 Å². The first-order valence-electron chi connectivity index (χ1n) is 8.50. The van der Waals surface area contributed by atoms with Gasteiger partial charge in [-0.3, -0.25) is 14.6 Å². The quantitative estimate of drug-likeness (QED) is 0.490. The first kappa shape index (κ1) is 20.1. The highest BCUT2D eigenvalue weighted by Crippen LogP contribution is 2.13. The maximum Gasteiger partial charge on any atom is 0.258 e. The van der Waals surface area contributed by atoms with Gasteiger partial charge in [0, 0.05) is 38.7 Å². The zero-order valence-corrected chi connectivity index (χ0v) is 15.2. The number of carbonyl (C=O) groups is 2. The van der Waals surface area contributed by atoms with E-state index in [1.54, 1.807) is 37.7 Å². The Morgan fingerprint density at radius 3 is 2.67 bits per heavy atom. The molecule has 2 aromatic rings. The van der Waals surface area contributed by atoms with Crippen molar-refractivity contribution in [2.75, 3.05) is 26.9 Å². The SMILES string of the molecule is COCCNC(=O)COc1ccc(/C=C/C(=O)NCc2cccnc2)cc1. The summed E-state index contributed by atoms with van der Waals surface area (Å²) in [6.45, 7) is 1.28. The summed E-state index contributed by atoms with van der Waals surface area (Å²) in [6.07, 6.45) is 6.57. The van der Waals surface area contributed by atoms with Crippen LogP contribution in [0.15, 0.2) is 54.9 Å². The van der Waals surface area contributed by atoms with Crippen LogP contribution in [0.1, 0.15) is 11.1 Å². The maximum atomic E-state index is 11.8. The molecule has 2 rings (SSSR count). The van der Waals surface area contributed by atoms with Crippen LogP contribution in [0.25, 0.3) is 6.08 Å². The van der Waals surface area contributed by atoms with E-state index in [1.165, 1.54) is 6.08 Å². The van der Waals surface area contributed by atoms with Gasteiger partial charge in [-0.2, -0.15) is 0 Å². The first-order chi connectivity index (χ1) is 13.2. The second-order valence-electron chi connectivity index (χ2n) is 5.61. The molecule has 7 nitrogen and oxygen atoms in total. The van der Waals surface area contributed by atoms with Crippen molar-refractivity contribution in [2.24, 2.45) is 0 Å². The third kappa shape index (κ3) is 8.15. The van der Waals surface area contributed by atoms with E-state index in [9.17, 15) is 9.59 Å². The van der Waals surface area contributed by atoms with Crippen LogP contribution in [-0.2, 0) is 20.9 Å². The van der Waals surface area contributed by atoms with Crippen molar-refractivity contribution < 1.29 is 19.1 Å². The van der Waals surface area contributed by atoms with E-state index in [-0.39, 0.29) is 18.4 Å². The van der Waals surface area contributed by atoms with E-state index in [4.69, 9.17) is 9.47 Å². The van der Waals surface area contributed by atoms with Crippen molar-refractivity contribution in [3.63, 3.8) is 0 Å². The minimum absolute atomic E-state index is 0.0599. The number of benzene rings is 1. The highest BCUT2D eigenvalue weighted by atomic mass is 16.5. The number of rotatable bonds is 10. The van der Waals surface area contributed by atoms with Crippen LogP contribution in [0, 0.1) is 0 Å². The molecule has 1 aromatic carbocycles. The monoisotopic (exact) mass is 369 g/mol. The molecule has 27 heavy (non-hydrogen) atoms. The van der Waals surface area contributed by atoms with E-state index in [0.717, 1.165) is 11.1 Å². The lowest BCUT2D eigenvalue weighted by Crippen LogP contribution is -2.31. The van der Waals surface area contributed by atoms with Crippen LogP contribution in [-0.4, -0.2) is 43.7 Å². The predicted molar refractivity (Wildman–Crippen MR) is 102 cm³/mol. The van der Waals surface area contributed by atoms with Gasteiger partial charge in [0.25, 0.3) is 5.91 Å². The molecule has 0 aliphatic carbocycles. The molecule has 0 spiro atoms. The molecule has 2 N–H and O–H groups in total. The molecule has 2 amide bonds. The van der Waals surface area contributed by atoms with E-state index < -0.39 is 0 Å². The van der Waals surface area contributed by atoms with Crippen LogP contribution >= 0.6 is 0 Å². The van der Waals surface area contributed by atoms with Gasteiger partial charge < -0.3 is 20.1 Å². The van der Waals surface area contributed by atoms with Crippen LogP contribution in [0.2, 0.25) is 0 Å². The first-order valence-corrected chi connectivity index (χ1v) is 8.50. The van der Waals surface area contributed by atoms with Gasteiger partial charge in [0.1, 0.15) is 5.75 Å². The number of amides is 2. The van der Waals surface area contributed by atoms with Crippen LogP contribution in [0.5, 0.6) is 5.75 Å². The lowest BCUT2D eigenvalue weighted by Gasteiger charge is -2.07. The Morgan fingerprint density at radius 2 is 1.96 bits per heavy atom. The third-order valence-electron chi connectivity index (χ3n) is 3.50. The lowest BCUT2D eigenvalue weighted by molar-refractivity contribution is -0.123. The van der Waals surface area contributed by atoms with Crippen molar-refractivity contribution in [1.29, 1.82) is 0 Å². The molecular weight excluding hydrogens is 346 g/mol. The molecule has 0 saturated heterocycles. The van der Waals surface area contributed by atoms with Gasteiger partial charge in [-0.1, -0.05) is 18.2 Å². The standard InChI is InChI=1S/C20H23N3O4/c1-26-12-11-22-20(25)15-27-18-7-4-16(5-8-18)6-9-19(24)23-14-17-3-2-10-21-13-17/h2-10,13H,11-12,14-15H2,1H3,(H,22,25)(H,23,24)/b9-6+. The number of pyridine rings is 1. The topological polar surface area (TPSA) is 89.5 Å². The summed E-state index contributed by atoms with van der Waals surface area (Å²) in [5.74, 6) is 0.184. The molecule has 0 unspecified atom stereocenters. The minimum atomic E-state index is -0.207. The van der Waals surface area contributed by atoms with Crippen molar-refractivity contribution in [1.82, 2.24) is 15.6 Å². The van der Waals surface area contributed by atoms with Gasteiger partial charge in [-0.15, -0.1) is 0 Å². The van der Waals surface area contributed by atoms with Gasteiger partial charge in [-0.25, -0.2) is 0 Å². The van der Waals surface area contributed by atoms with E-state index in [2.05, 4.69) is 15.6 Å². The van der Waals surface area contributed by atoms with E-state index >= 15 is 0 Å². The summed E-state index contributed by atoms with van der Waals surface area (Å²) in [6, 6.07) is 10.8. The average molecular weight is 369 g/mol. The highest BCUT2D eigenvalue weighted by molar-refractivity contribution is 5.91. The Morgan fingerprint density at radius 1 is 1.15 bits per heavy atom. The molecule has 0 radical (unpaired) electrons. The van der Waals surface area contributed by atoms with E-state index in [0.29, 0.717) is 25.4 Å². The Balaban J connectivity index is 1.73. The van der Waals surface area contributed by atoms with Crippen molar-refractivity contribution in [2.45, 2.75) is 6.54 Å². The molecule has 0 aliphatic rings. The summed E-state index contributed by atoms with van der Waals surface area (Å²) in [5.41, 5.74) is 1.79. The van der Waals surface area contributed by atoms with Gasteiger partial charge in [0.15, 0.2) is 6.61 Å². The smallest absolute Gasteiger partial charge is 0.258 e. The number of hydrogen-bond donors (Lipinski definition) is 2. The van der Waals surface area contributed by atoms with Crippen LogP contribution in [0.3, 0.4) is 0 Å². The van der Waals surface area contributed by atoms with Crippen LogP contribution in [0.4, 0.5) is 0 Å². The molecule has 7 heteroatoms. The van der Waals surface area contributed by atoms with Crippen molar-refractivity contribution in [3.8, 4) is 5.75 Å². The normalized spacial score (nSPS) is 10.6. The molecule has 0 fully saturated rings. The van der Waals surface area contributed by atoms with Gasteiger partial charge >= 0.3 is 0 Å². The van der Waals surface area contributed by atoms with Crippen LogP contribution < -0.4 is 15.4 Å². The second kappa shape index (κ2) is 11.4. The number of nitrogens with zero attached hydrogens (tertiary/aromatic N) is 1. The third-order valence-corrected chi connectivity index (χ3v) is 3.50. The molecule has 0 aliphatic heterocycles. The summed E-state index contributed by atoms with van der Waals surface area (Å²) in [7, 11) is 1.57. The highest BCUT2D eigenvalue weighted by Gasteiger charge is 2.02. The summed E-state index contributed by atoms with van der Waals surface area (Å²) in [5, 5.41) is 5.46. The summed E-state index contributed by atoms with van der Waals surface area (Å²) in [4.78, 5) is 27.4. The van der Waals surface area contributed by atoms with Crippen molar-refractivity contribution in [3.05, 3.63) is 66.0 Å². The Labute approximate surface area is 158 Å². The Kier molecular flexibility index (Phi) is 8.52. The van der Waals surface area contributed by atoms with Gasteiger partial charge in [0.05, 0.1) is 6.61 Å². The fraction of sp³-hybridized carbons (Fsp3) is 0.250. The molecular formula is C20H23N3O4. The Hall–Kier alpha value is -3.19. The zero-order chi connectivity index (χ0) is 19.3. The second-order valence-corrected chi connectivity index (χ2v) is 5.61.